The summed E-state index contributed by atoms with van der Waals surface area (Å²) >= 11 is 3.24. The van der Waals surface area contributed by atoms with E-state index in [1.165, 1.54) is 6.07 Å². The summed E-state index contributed by atoms with van der Waals surface area (Å²) in [7, 11) is 0. The second kappa shape index (κ2) is 10.4. The summed E-state index contributed by atoms with van der Waals surface area (Å²) in [6.45, 7) is 3.49. The van der Waals surface area contributed by atoms with Gasteiger partial charge in [0.25, 0.3) is 0 Å². The highest BCUT2D eigenvalue weighted by Gasteiger charge is 2.02. The maximum absolute atomic E-state index is 13.5. The zero-order chi connectivity index (χ0) is 13.4. The van der Waals surface area contributed by atoms with Crippen LogP contribution in [-0.4, -0.2) is 19.0 Å². The van der Waals surface area contributed by atoms with Crippen LogP contribution in [0.15, 0.2) is 27.7 Å². The van der Waals surface area contributed by atoms with E-state index in [4.69, 9.17) is 5.73 Å². The number of hydrogen-bond acceptors (Lipinski definition) is 1. The molecule has 6 heteroatoms. The molecule has 0 atom stereocenters. The quantitative estimate of drug-likeness (QED) is 0.306. The van der Waals surface area contributed by atoms with Crippen molar-refractivity contribution in [2.45, 2.75) is 26.2 Å². The topological polar surface area (TPSA) is 50.4 Å². The summed E-state index contributed by atoms with van der Waals surface area (Å²) in [5.41, 5.74) is 6.37. The highest BCUT2D eigenvalue weighted by Crippen LogP contribution is 2.16. The SMILES string of the molecule is CCCN=C(N)NCCCc1ccc(Br)cc1F.I. The van der Waals surface area contributed by atoms with Crippen molar-refractivity contribution < 1.29 is 4.39 Å². The normalized spacial score (nSPS) is 11.0. The number of aryl methyl sites for hydroxylation is 1. The molecule has 0 aromatic heterocycles. The standard InChI is InChI=1S/C13H19BrFN3.HI/c1-2-7-17-13(16)18-8-3-4-10-5-6-11(14)9-12(10)15;/h5-6,9H,2-4,7-8H2,1H3,(H3,16,17,18);1H. The molecule has 3 N–H and O–H groups in total. The molecular formula is C13H20BrFIN3. The molecular weight excluding hydrogens is 424 g/mol. The molecule has 108 valence electrons. The van der Waals surface area contributed by atoms with Crippen LogP contribution in [0.5, 0.6) is 0 Å². The summed E-state index contributed by atoms with van der Waals surface area (Å²) in [6.07, 6.45) is 2.49. The molecule has 0 amide bonds. The first-order valence-corrected chi connectivity index (χ1v) is 6.90. The molecule has 0 saturated heterocycles. The monoisotopic (exact) mass is 443 g/mol. The third kappa shape index (κ3) is 7.71. The van der Waals surface area contributed by atoms with E-state index in [2.05, 4.69) is 26.2 Å². The van der Waals surface area contributed by atoms with Crippen molar-refractivity contribution in [3.8, 4) is 0 Å². The summed E-state index contributed by atoms with van der Waals surface area (Å²) < 4.78 is 14.3. The lowest BCUT2D eigenvalue weighted by molar-refractivity contribution is 0.602. The van der Waals surface area contributed by atoms with Crippen LogP contribution < -0.4 is 11.1 Å². The molecule has 0 aliphatic carbocycles. The smallest absolute Gasteiger partial charge is 0.188 e. The van der Waals surface area contributed by atoms with Crippen LogP contribution in [-0.2, 0) is 6.42 Å². The van der Waals surface area contributed by atoms with Crippen molar-refractivity contribution in [1.29, 1.82) is 0 Å². The number of nitrogens with zero attached hydrogens (tertiary/aromatic N) is 1. The van der Waals surface area contributed by atoms with E-state index in [1.807, 2.05) is 13.0 Å². The van der Waals surface area contributed by atoms with Gasteiger partial charge in [-0.05, 0) is 37.0 Å². The van der Waals surface area contributed by atoms with Crippen molar-refractivity contribution in [3.63, 3.8) is 0 Å². The maximum Gasteiger partial charge on any atom is 0.188 e. The Kier molecular flexibility index (Phi) is 10.2. The van der Waals surface area contributed by atoms with Crippen molar-refractivity contribution in [2.75, 3.05) is 13.1 Å². The lowest BCUT2D eigenvalue weighted by Crippen LogP contribution is -2.32. The van der Waals surface area contributed by atoms with Gasteiger partial charge in [0.15, 0.2) is 5.96 Å². The Morgan fingerprint density at radius 1 is 1.47 bits per heavy atom. The minimum absolute atomic E-state index is 0. The third-order valence-corrected chi connectivity index (χ3v) is 2.94. The Morgan fingerprint density at radius 2 is 2.21 bits per heavy atom. The molecule has 0 unspecified atom stereocenters. The molecule has 0 aliphatic heterocycles. The lowest BCUT2D eigenvalue weighted by Gasteiger charge is -2.06. The summed E-state index contributed by atoms with van der Waals surface area (Å²) in [6, 6.07) is 5.14. The second-order valence-corrected chi connectivity index (χ2v) is 4.95. The summed E-state index contributed by atoms with van der Waals surface area (Å²) in [5, 5.41) is 3.01. The molecule has 0 heterocycles. The molecule has 3 nitrogen and oxygen atoms in total. The average Bonchev–Trinajstić information content (AvgIpc) is 2.34. The fraction of sp³-hybridized carbons (Fsp3) is 0.462. The van der Waals surface area contributed by atoms with E-state index in [0.29, 0.717) is 18.9 Å². The molecule has 0 radical (unpaired) electrons. The van der Waals surface area contributed by atoms with Gasteiger partial charge in [-0.25, -0.2) is 4.39 Å². The number of guanidine groups is 1. The predicted molar refractivity (Wildman–Crippen MR) is 92.6 cm³/mol. The number of nitrogens with two attached hydrogens (primary N) is 1. The lowest BCUT2D eigenvalue weighted by atomic mass is 10.1. The number of halogens is 3. The van der Waals surface area contributed by atoms with Gasteiger partial charge in [0.1, 0.15) is 5.82 Å². The predicted octanol–water partition coefficient (Wildman–Crippen LogP) is 3.45. The van der Waals surface area contributed by atoms with Gasteiger partial charge in [-0.1, -0.05) is 28.9 Å². The molecule has 0 aliphatic rings. The van der Waals surface area contributed by atoms with Crippen molar-refractivity contribution in [1.82, 2.24) is 5.32 Å². The molecule has 1 aromatic rings. The first-order chi connectivity index (χ1) is 8.63. The molecule has 0 bridgehead atoms. The molecule has 0 spiro atoms. The van der Waals surface area contributed by atoms with Gasteiger partial charge in [-0.3, -0.25) is 4.99 Å². The van der Waals surface area contributed by atoms with E-state index in [-0.39, 0.29) is 29.8 Å². The van der Waals surface area contributed by atoms with E-state index in [1.54, 1.807) is 6.07 Å². The largest absolute Gasteiger partial charge is 0.370 e. The molecule has 1 rings (SSSR count). The number of nitrogens with one attached hydrogen (secondary N) is 1. The van der Waals surface area contributed by atoms with Crippen LogP contribution >= 0.6 is 39.9 Å². The molecule has 1 aromatic carbocycles. The van der Waals surface area contributed by atoms with Gasteiger partial charge in [-0.15, -0.1) is 24.0 Å². The van der Waals surface area contributed by atoms with Gasteiger partial charge in [0.05, 0.1) is 0 Å². The van der Waals surface area contributed by atoms with Crippen LogP contribution in [0.25, 0.3) is 0 Å². The van der Waals surface area contributed by atoms with Gasteiger partial charge in [-0.2, -0.15) is 0 Å². The van der Waals surface area contributed by atoms with E-state index in [9.17, 15) is 4.39 Å². The zero-order valence-electron chi connectivity index (χ0n) is 11.0. The minimum Gasteiger partial charge on any atom is -0.370 e. The molecule has 0 saturated carbocycles. The van der Waals surface area contributed by atoms with Crippen LogP contribution in [0.2, 0.25) is 0 Å². The second-order valence-electron chi connectivity index (χ2n) is 4.03. The van der Waals surface area contributed by atoms with Crippen LogP contribution in [0.3, 0.4) is 0 Å². The number of benzene rings is 1. The van der Waals surface area contributed by atoms with Crippen LogP contribution in [0.1, 0.15) is 25.3 Å². The molecule has 19 heavy (non-hydrogen) atoms. The van der Waals surface area contributed by atoms with Crippen LogP contribution in [0, 0.1) is 5.82 Å². The summed E-state index contributed by atoms with van der Waals surface area (Å²) in [4.78, 5) is 4.12. The fourth-order valence-electron chi connectivity index (χ4n) is 1.51. The Balaban J connectivity index is 0.00000324. The van der Waals surface area contributed by atoms with Crippen molar-refractivity contribution in [2.24, 2.45) is 10.7 Å². The van der Waals surface area contributed by atoms with Gasteiger partial charge in [0, 0.05) is 17.6 Å². The van der Waals surface area contributed by atoms with Crippen LogP contribution in [0.4, 0.5) is 4.39 Å². The maximum atomic E-state index is 13.5. The number of rotatable bonds is 6. The van der Waals surface area contributed by atoms with Gasteiger partial charge < -0.3 is 11.1 Å². The number of hydrogen-bond donors (Lipinski definition) is 2. The molecule has 0 fully saturated rings. The Morgan fingerprint density at radius 3 is 2.84 bits per heavy atom. The number of aliphatic imine (C=N–C) groups is 1. The van der Waals surface area contributed by atoms with Gasteiger partial charge >= 0.3 is 0 Å². The Bertz CT molecular complexity index is 413. The Hall–Kier alpha value is -0.370. The highest BCUT2D eigenvalue weighted by atomic mass is 127. The zero-order valence-corrected chi connectivity index (χ0v) is 14.9. The first kappa shape index (κ1) is 18.6. The van der Waals surface area contributed by atoms with E-state index >= 15 is 0 Å². The summed E-state index contributed by atoms with van der Waals surface area (Å²) in [5.74, 6) is 0.296. The van der Waals surface area contributed by atoms with E-state index < -0.39 is 0 Å². The Labute approximate surface area is 139 Å². The van der Waals surface area contributed by atoms with Crippen molar-refractivity contribution in [3.05, 3.63) is 34.1 Å². The van der Waals surface area contributed by atoms with E-state index in [0.717, 1.165) is 29.4 Å². The fourth-order valence-corrected chi connectivity index (χ4v) is 1.84. The highest BCUT2D eigenvalue weighted by molar-refractivity contribution is 14.0. The minimum atomic E-state index is -0.169. The van der Waals surface area contributed by atoms with Gasteiger partial charge in [0.2, 0.25) is 0 Å². The average molecular weight is 444 g/mol. The van der Waals surface area contributed by atoms with Crippen molar-refractivity contribution >= 4 is 45.9 Å². The third-order valence-electron chi connectivity index (χ3n) is 2.45. The first-order valence-electron chi connectivity index (χ1n) is 6.11.